The van der Waals surface area contributed by atoms with Crippen LogP contribution < -0.4 is 14.2 Å². The number of unbranched alkanes of at least 4 members (excludes halogenated alkanes) is 1. The number of esters is 1. The van der Waals surface area contributed by atoms with Gasteiger partial charge in [-0.1, -0.05) is 30.3 Å². The topological polar surface area (TPSA) is 74.2 Å². The maximum absolute atomic E-state index is 12.2. The second-order valence-electron chi connectivity index (χ2n) is 8.17. The second kappa shape index (κ2) is 11.0. The fraction of sp³-hybridized carbons (Fsp3) is 0.321. The summed E-state index contributed by atoms with van der Waals surface area (Å²) in [4.78, 5) is 12.2. The van der Waals surface area contributed by atoms with Gasteiger partial charge < -0.3 is 24.1 Å². The molecule has 0 radical (unpaired) electrons. The van der Waals surface area contributed by atoms with E-state index in [0.717, 1.165) is 35.3 Å². The predicted octanol–water partition coefficient (Wildman–Crippen LogP) is 5.70. The molecule has 1 N–H and O–H groups in total. The third-order valence-corrected chi connectivity index (χ3v) is 5.88. The standard InChI is InChI=1S/C28H30O6/c1-3-32-28(30)18-27-24-9-5-4-8-23(24)25-11-10-20(17-26(25)27)33-12-6-7-13-34-22-15-19(29)14-21(16-22)31-2/h4-5,8-11,14-17,27,29H,3,6-7,12-13,18H2,1-2H3. The van der Waals surface area contributed by atoms with E-state index in [-0.39, 0.29) is 17.6 Å². The number of carbonyl (C=O) groups is 1. The summed E-state index contributed by atoms with van der Waals surface area (Å²) in [6, 6.07) is 19.2. The lowest BCUT2D eigenvalue weighted by Gasteiger charge is -2.14. The molecule has 1 aliphatic carbocycles. The van der Waals surface area contributed by atoms with E-state index in [1.165, 1.54) is 11.6 Å². The Labute approximate surface area is 200 Å². The van der Waals surface area contributed by atoms with Crippen molar-refractivity contribution in [1.29, 1.82) is 0 Å². The molecule has 1 aliphatic rings. The van der Waals surface area contributed by atoms with Crippen LogP contribution in [-0.4, -0.2) is 38.0 Å². The number of hydrogen-bond donors (Lipinski definition) is 1. The van der Waals surface area contributed by atoms with Gasteiger partial charge in [0.1, 0.15) is 23.0 Å². The summed E-state index contributed by atoms with van der Waals surface area (Å²) < 4.78 is 22.1. The summed E-state index contributed by atoms with van der Waals surface area (Å²) in [6.45, 7) is 3.27. The number of hydrogen-bond acceptors (Lipinski definition) is 6. The molecule has 0 amide bonds. The van der Waals surface area contributed by atoms with Crippen LogP contribution in [0.2, 0.25) is 0 Å². The highest BCUT2D eigenvalue weighted by Crippen LogP contribution is 2.47. The van der Waals surface area contributed by atoms with E-state index in [0.29, 0.717) is 37.7 Å². The minimum absolute atomic E-state index is 0.0264. The molecule has 0 saturated heterocycles. The Morgan fingerprint density at radius 1 is 0.853 bits per heavy atom. The molecule has 0 fully saturated rings. The molecule has 3 aromatic rings. The van der Waals surface area contributed by atoms with Crippen molar-refractivity contribution in [3.05, 3.63) is 71.8 Å². The molecule has 0 aromatic heterocycles. The van der Waals surface area contributed by atoms with Gasteiger partial charge in [0.05, 0.1) is 33.4 Å². The maximum Gasteiger partial charge on any atom is 0.306 e. The number of phenolic OH excluding ortho intramolecular Hbond substituents is 1. The van der Waals surface area contributed by atoms with Crippen LogP contribution in [0.4, 0.5) is 0 Å². The highest BCUT2D eigenvalue weighted by atomic mass is 16.5. The first-order valence-corrected chi connectivity index (χ1v) is 11.6. The van der Waals surface area contributed by atoms with Crippen molar-refractivity contribution < 1.29 is 28.8 Å². The Kier molecular flexibility index (Phi) is 7.58. The normalized spacial score (nSPS) is 13.6. The fourth-order valence-electron chi connectivity index (χ4n) is 4.33. The smallest absolute Gasteiger partial charge is 0.306 e. The van der Waals surface area contributed by atoms with Crippen molar-refractivity contribution in [2.24, 2.45) is 0 Å². The lowest BCUT2D eigenvalue weighted by molar-refractivity contribution is -0.143. The van der Waals surface area contributed by atoms with E-state index in [4.69, 9.17) is 18.9 Å². The zero-order valence-corrected chi connectivity index (χ0v) is 19.6. The molecule has 0 bridgehead atoms. The van der Waals surface area contributed by atoms with E-state index >= 15 is 0 Å². The molecule has 0 saturated carbocycles. The molecular formula is C28H30O6. The summed E-state index contributed by atoms with van der Waals surface area (Å²) in [5.74, 6) is 1.81. The molecule has 6 nitrogen and oxygen atoms in total. The lowest BCUT2D eigenvalue weighted by Crippen LogP contribution is -2.10. The van der Waals surface area contributed by atoms with E-state index in [9.17, 15) is 9.90 Å². The van der Waals surface area contributed by atoms with Gasteiger partial charge in [0.25, 0.3) is 0 Å². The van der Waals surface area contributed by atoms with Crippen LogP contribution in [0.25, 0.3) is 11.1 Å². The molecule has 1 atom stereocenters. The molecule has 178 valence electrons. The van der Waals surface area contributed by atoms with Gasteiger partial charge in [-0.25, -0.2) is 0 Å². The Hall–Kier alpha value is -3.67. The number of phenols is 1. The van der Waals surface area contributed by atoms with Gasteiger partial charge in [0.15, 0.2) is 0 Å². The van der Waals surface area contributed by atoms with Crippen LogP contribution in [0.5, 0.6) is 23.0 Å². The molecule has 1 unspecified atom stereocenters. The molecular weight excluding hydrogens is 432 g/mol. The Morgan fingerprint density at radius 2 is 1.56 bits per heavy atom. The average molecular weight is 463 g/mol. The molecule has 6 heteroatoms. The molecule has 0 aliphatic heterocycles. The zero-order chi connectivity index (χ0) is 23.9. The summed E-state index contributed by atoms with van der Waals surface area (Å²) in [7, 11) is 1.55. The lowest BCUT2D eigenvalue weighted by atomic mass is 9.93. The SMILES string of the molecule is CCOC(=O)CC1c2ccccc2-c2ccc(OCCCCOc3cc(O)cc(OC)c3)cc21. The Morgan fingerprint density at radius 3 is 2.32 bits per heavy atom. The molecule has 0 heterocycles. The van der Waals surface area contributed by atoms with Crippen LogP contribution in [0, 0.1) is 0 Å². The monoisotopic (exact) mass is 462 g/mol. The fourth-order valence-corrected chi connectivity index (χ4v) is 4.33. The van der Waals surface area contributed by atoms with E-state index in [2.05, 4.69) is 24.3 Å². The van der Waals surface area contributed by atoms with Gasteiger partial charge in [-0.05, 0) is 54.2 Å². The molecule has 34 heavy (non-hydrogen) atoms. The first kappa shape index (κ1) is 23.5. The highest BCUT2D eigenvalue weighted by molar-refractivity contribution is 5.82. The summed E-state index contributed by atoms with van der Waals surface area (Å²) in [5.41, 5.74) is 4.57. The Balaban J connectivity index is 1.33. The van der Waals surface area contributed by atoms with Crippen molar-refractivity contribution in [1.82, 2.24) is 0 Å². The predicted molar refractivity (Wildman–Crippen MR) is 130 cm³/mol. The van der Waals surface area contributed by atoms with Crippen LogP contribution in [0.3, 0.4) is 0 Å². The van der Waals surface area contributed by atoms with Crippen molar-refractivity contribution in [2.75, 3.05) is 26.9 Å². The largest absolute Gasteiger partial charge is 0.508 e. The number of ether oxygens (including phenoxy) is 4. The second-order valence-corrected chi connectivity index (χ2v) is 8.17. The number of carbonyl (C=O) groups excluding carboxylic acids is 1. The highest BCUT2D eigenvalue weighted by Gasteiger charge is 2.30. The number of rotatable bonds is 11. The van der Waals surface area contributed by atoms with Crippen molar-refractivity contribution in [2.45, 2.75) is 32.1 Å². The van der Waals surface area contributed by atoms with Crippen LogP contribution in [-0.2, 0) is 9.53 Å². The maximum atomic E-state index is 12.2. The van der Waals surface area contributed by atoms with E-state index in [1.54, 1.807) is 19.2 Å². The quantitative estimate of drug-likeness (QED) is 0.291. The van der Waals surface area contributed by atoms with Crippen LogP contribution in [0.1, 0.15) is 43.2 Å². The van der Waals surface area contributed by atoms with Gasteiger partial charge in [-0.15, -0.1) is 0 Å². The van der Waals surface area contributed by atoms with Gasteiger partial charge in [0, 0.05) is 24.1 Å². The number of aromatic hydroxyl groups is 1. The molecule has 0 spiro atoms. The third kappa shape index (κ3) is 5.45. The summed E-state index contributed by atoms with van der Waals surface area (Å²) in [6.07, 6.45) is 1.94. The summed E-state index contributed by atoms with van der Waals surface area (Å²) >= 11 is 0. The molecule has 4 rings (SSSR count). The number of methoxy groups -OCH3 is 1. The zero-order valence-electron chi connectivity index (χ0n) is 19.6. The average Bonchev–Trinajstić information content (AvgIpc) is 3.14. The number of fused-ring (bicyclic) bond motifs is 3. The van der Waals surface area contributed by atoms with E-state index < -0.39 is 0 Å². The van der Waals surface area contributed by atoms with Crippen LogP contribution >= 0.6 is 0 Å². The summed E-state index contributed by atoms with van der Waals surface area (Å²) in [5, 5.41) is 9.70. The third-order valence-electron chi connectivity index (χ3n) is 5.88. The minimum Gasteiger partial charge on any atom is -0.508 e. The Bertz CT molecular complexity index is 1140. The minimum atomic E-state index is -0.189. The van der Waals surface area contributed by atoms with Crippen molar-refractivity contribution >= 4 is 5.97 Å². The number of benzene rings is 3. The first-order chi connectivity index (χ1) is 16.6. The van der Waals surface area contributed by atoms with Crippen LogP contribution in [0.15, 0.2) is 60.7 Å². The van der Waals surface area contributed by atoms with Gasteiger partial charge in [0.2, 0.25) is 0 Å². The van der Waals surface area contributed by atoms with Gasteiger partial charge >= 0.3 is 5.97 Å². The molecule has 3 aromatic carbocycles. The van der Waals surface area contributed by atoms with Gasteiger partial charge in [-0.3, -0.25) is 4.79 Å². The van der Waals surface area contributed by atoms with Crippen molar-refractivity contribution in [3.8, 4) is 34.1 Å². The van der Waals surface area contributed by atoms with Gasteiger partial charge in [-0.2, -0.15) is 0 Å². The van der Waals surface area contributed by atoms with Crippen molar-refractivity contribution in [3.63, 3.8) is 0 Å². The van der Waals surface area contributed by atoms with E-state index in [1.807, 2.05) is 25.1 Å². The first-order valence-electron chi connectivity index (χ1n) is 11.6.